The molecule has 0 aliphatic heterocycles. The van der Waals surface area contributed by atoms with E-state index < -0.39 is 11.4 Å². The lowest BCUT2D eigenvalue weighted by atomic mass is 9.82. The molecule has 0 aromatic rings. The minimum atomic E-state index is -0.873. The molecule has 2 amide bonds. The number of rotatable bonds is 11. The third kappa shape index (κ3) is 6.75. The van der Waals surface area contributed by atoms with Crippen molar-refractivity contribution < 1.29 is 19.4 Å². The summed E-state index contributed by atoms with van der Waals surface area (Å²) in [4.78, 5) is 22.8. The van der Waals surface area contributed by atoms with Crippen molar-refractivity contribution in [1.29, 1.82) is 0 Å². The summed E-state index contributed by atoms with van der Waals surface area (Å²) in [6, 6.07) is -0.326. The fourth-order valence-electron chi connectivity index (χ4n) is 1.81. The van der Waals surface area contributed by atoms with Gasteiger partial charge in [-0.25, -0.2) is 4.79 Å². The number of carbonyl (C=O) groups is 2. The van der Waals surface area contributed by atoms with Gasteiger partial charge in [0.1, 0.15) is 0 Å². The molecule has 0 aliphatic carbocycles. The molecule has 0 fully saturated rings. The highest BCUT2D eigenvalue weighted by Crippen LogP contribution is 2.25. The maximum atomic E-state index is 11.6. The first-order valence-corrected chi connectivity index (χ1v) is 7.35. The van der Waals surface area contributed by atoms with Gasteiger partial charge in [-0.15, -0.1) is 0 Å². The number of carboxylic acid groups (broad SMARTS) is 1. The molecule has 0 saturated heterocycles. The van der Waals surface area contributed by atoms with Gasteiger partial charge < -0.3 is 20.5 Å². The molecule has 0 atom stereocenters. The molecule has 118 valence electrons. The van der Waals surface area contributed by atoms with E-state index in [1.54, 1.807) is 0 Å². The lowest BCUT2D eigenvalue weighted by Gasteiger charge is -2.26. The van der Waals surface area contributed by atoms with E-state index >= 15 is 0 Å². The normalized spacial score (nSPS) is 11.2. The van der Waals surface area contributed by atoms with Crippen molar-refractivity contribution in [3.8, 4) is 0 Å². The van der Waals surface area contributed by atoms with Crippen LogP contribution in [0.25, 0.3) is 0 Å². The van der Waals surface area contributed by atoms with Crippen LogP contribution in [0.3, 0.4) is 0 Å². The van der Waals surface area contributed by atoms with Gasteiger partial charge in [0.05, 0.1) is 5.41 Å². The van der Waals surface area contributed by atoms with Gasteiger partial charge in [0.2, 0.25) is 0 Å². The predicted octanol–water partition coefficient (Wildman–Crippen LogP) is 1.99. The second kappa shape index (κ2) is 10.5. The molecule has 0 saturated carbocycles. The van der Waals surface area contributed by atoms with E-state index in [-0.39, 0.29) is 12.6 Å². The van der Waals surface area contributed by atoms with Gasteiger partial charge in [0, 0.05) is 26.3 Å². The van der Waals surface area contributed by atoms with Gasteiger partial charge in [-0.2, -0.15) is 0 Å². The maximum absolute atomic E-state index is 11.6. The Morgan fingerprint density at radius 2 is 1.75 bits per heavy atom. The third-order valence-corrected chi connectivity index (χ3v) is 3.49. The SMILES string of the molecule is CCCOCCCNC(=O)NCC(CC)(CC)C(=O)O. The Hall–Kier alpha value is -1.30. The molecule has 0 rings (SSSR count). The molecular weight excluding hydrogens is 260 g/mol. The minimum Gasteiger partial charge on any atom is -0.481 e. The fourth-order valence-corrected chi connectivity index (χ4v) is 1.81. The molecule has 0 heterocycles. The van der Waals surface area contributed by atoms with Crippen molar-refractivity contribution >= 4 is 12.0 Å². The first-order valence-electron chi connectivity index (χ1n) is 7.35. The zero-order valence-electron chi connectivity index (χ0n) is 12.8. The van der Waals surface area contributed by atoms with Crippen molar-refractivity contribution in [1.82, 2.24) is 10.6 Å². The Balaban J connectivity index is 3.89. The van der Waals surface area contributed by atoms with Gasteiger partial charge in [0.25, 0.3) is 0 Å². The summed E-state index contributed by atoms with van der Waals surface area (Å²) < 4.78 is 5.30. The summed E-state index contributed by atoms with van der Waals surface area (Å²) in [5.41, 5.74) is -0.873. The Labute approximate surface area is 121 Å². The standard InChI is InChI=1S/C14H28N2O4/c1-4-9-20-10-7-8-15-13(19)16-11-14(5-2,6-3)12(17)18/h4-11H2,1-3H3,(H,17,18)(H2,15,16,19). The lowest BCUT2D eigenvalue weighted by molar-refractivity contribution is -0.149. The monoisotopic (exact) mass is 288 g/mol. The van der Waals surface area contributed by atoms with Crippen LogP contribution in [0.1, 0.15) is 46.5 Å². The summed E-state index contributed by atoms with van der Waals surface area (Å²) >= 11 is 0. The average Bonchev–Trinajstić information content (AvgIpc) is 2.44. The summed E-state index contributed by atoms with van der Waals surface area (Å²) in [5, 5.41) is 14.6. The van der Waals surface area contributed by atoms with Crippen molar-refractivity contribution in [2.75, 3.05) is 26.3 Å². The van der Waals surface area contributed by atoms with Gasteiger partial charge in [-0.3, -0.25) is 4.79 Å². The highest BCUT2D eigenvalue weighted by atomic mass is 16.5. The third-order valence-electron chi connectivity index (χ3n) is 3.49. The number of nitrogens with one attached hydrogen (secondary N) is 2. The lowest BCUT2D eigenvalue weighted by Crippen LogP contribution is -2.46. The van der Waals surface area contributed by atoms with Gasteiger partial charge in [-0.05, 0) is 25.7 Å². The molecule has 6 heteroatoms. The van der Waals surface area contributed by atoms with Crippen molar-refractivity contribution in [2.24, 2.45) is 5.41 Å². The molecule has 6 nitrogen and oxygen atoms in total. The Morgan fingerprint density at radius 1 is 1.10 bits per heavy atom. The average molecular weight is 288 g/mol. The summed E-state index contributed by atoms with van der Waals surface area (Å²) in [7, 11) is 0. The second-order valence-electron chi connectivity index (χ2n) is 4.87. The maximum Gasteiger partial charge on any atom is 0.314 e. The molecule has 0 bridgehead atoms. The van der Waals surface area contributed by atoms with E-state index in [0.717, 1.165) is 19.4 Å². The molecule has 0 unspecified atom stereocenters. The smallest absolute Gasteiger partial charge is 0.314 e. The van der Waals surface area contributed by atoms with Crippen LogP contribution in [0.4, 0.5) is 4.79 Å². The van der Waals surface area contributed by atoms with Crippen LogP contribution >= 0.6 is 0 Å². The van der Waals surface area contributed by atoms with Crippen molar-refractivity contribution in [3.63, 3.8) is 0 Å². The quantitative estimate of drug-likeness (QED) is 0.507. The fraction of sp³-hybridized carbons (Fsp3) is 0.857. The van der Waals surface area contributed by atoms with E-state index in [4.69, 9.17) is 4.74 Å². The first kappa shape index (κ1) is 18.7. The molecule has 20 heavy (non-hydrogen) atoms. The number of hydrogen-bond donors (Lipinski definition) is 3. The molecule has 3 N–H and O–H groups in total. The van der Waals surface area contributed by atoms with E-state index in [9.17, 15) is 14.7 Å². The summed E-state index contributed by atoms with van der Waals surface area (Å²) in [6.07, 6.45) is 2.71. The highest BCUT2D eigenvalue weighted by molar-refractivity contribution is 5.78. The number of carbonyl (C=O) groups excluding carboxylic acids is 1. The van der Waals surface area contributed by atoms with Crippen LogP contribution in [-0.2, 0) is 9.53 Å². The molecular formula is C14H28N2O4. The van der Waals surface area contributed by atoms with Gasteiger partial charge in [-0.1, -0.05) is 20.8 Å². The highest BCUT2D eigenvalue weighted by Gasteiger charge is 2.35. The predicted molar refractivity (Wildman–Crippen MR) is 77.8 cm³/mol. The Bertz CT molecular complexity index is 291. The van der Waals surface area contributed by atoms with E-state index in [2.05, 4.69) is 10.6 Å². The number of ether oxygens (including phenoxy) is 1. The Morgan fingerprint density at radius 3 is 2.25 bits per heavy atom. The van der Waals surface area contributed by atoms with Crippen LogP contribution in [0, 0.1) is 5.41 Å². The van der Waals surface area contributed by atoms with Crippen LogP contribution in [0.5, 0.6) is 0 Å². The molecule has 0 aromatic heterocycles. The second-order valence-corrected chi connectivity index (χ2v) is 4.87. The minimum absolute atomic E-state index is 0.146. The zero-order chi connectivity index (χ0) is 15.4. The van der Waals surface area contributed by atoms with Crippen molar-refractivity contribution in [2.45, 2.75) is 46.5 Å². The number of carboxylic acids is 1. The summed E-state index contributed by atoms with van der Waals surface area (Å²) in [5.74, 6) is -0.865. The van der Waals surface area contributed by atoms with Crippen LogP contribution < -0.4 is 10.6 Å². The number of urea groups is 1. The molecule has 0 spiro atoms. The van der Waals surface area contributed by atoms with E-state index in [1.807, 2.05) is 20.8 Å². The van der Waals surface area contributed by atoms with Crippen LogP contribution in [0.15, 0.2) is 0 Å². The van der Waals surface area contributed by atoms with Gasteiger partial charge >= 0.3 is 12.0 Å². The van der Waals surface area contributed by atoms with E-state index in [0.29, 0.717) is 26.0 Å². The largest absolute Gasteiger partial charge is 0.481 e. The number of hydrogen-bond acceptors (Lipinski definition) is 3. The first-order chi connectivity index (χ1) is 9.52. The summed E-state index contributed by atoms with van der Waals surface area (Å²) in [6.45, 7) is 7.71. The zero-order valence-corrected chi connectivity index (χ0v) is 12.8. The number of aliphatic carboxylic acids is 1. The molecule has 0 aromatic carbocycles. The topological polar surface area (TPSA) is 87.7 Å². The molecule has 0 radical (unpaired) electrons. The Kier molecular flexibility index (Phi) is 9.80. The van der Waals surface area contributed by atoms with Crippen LogP contribution in [-0.4, -0.2) is 43.4 Å². The van der Waals surface area contributed by atoms with Crippen LogP contribution in [0.2, 0.25) is 0 Å². The van der Waals surface area contributed by atoms with Gasteiger partial charge in [0.15, 0.2) is 0 Å². The van der Waals surface area contributed by atoms with E-state index in [1.165, 1.54) is 0 Å². The molecule has 0 aliphatic rings. The number of amides is 2. The van der Waals surface area contributed by atoms with Crippen molar-refractivity contribution in [3.05, 3.63) is 0 Å².